The number of hydrogen-bond donors (Lipinski definition) is 0. The number of ether oxygens (including phenoxy) is 1. The number of carbonyl (C=O) groups is 1. The third-order valence-electron chi connectivity index (χ3n) is 3.49. The molecule has 0 unspecified atom stereocenters. The Labute approximate surface area is 113 Å². The van der Waals surface area contributed by atoms with Gasteiger partial charge in [0.2, 0.25) is 0 Å². The van der Waals surface area contributed by atoms with Crippen LogP contribution in [0.2, 0.25) is 0 Å². The number of rotatable bonds is 3. The summed E-state index contributed by atoms with van der Waals surface area (Å²) in [4.78, 5) is 12.2. The molecule has 2 aromatic carbocycles. The minimum absolute atomic E-state index is 0.0746. The Morgan fingerprint density at radius 3 is 2.00 bits per heavy atom. The van der Waals surface area contributed by atoms with Crippen molar-refractivity contribution >= 4 is 5.78 Å². The lowest BCUT2D eigenvalue weighted by Gasteiger charge is -1.99. The van der Waals surface area contributed by atoms with E-state index in [0.717, 1.165) is 16.7 Å². The minimum Gasteiger partial charge on any atom is -0.356 e. The van der Waals surface area contributed by atoms with Crippen LogP contribution >= 0.6 is 0 Å². The standard InChI is InChI=1S/C17H16O2/c1-11-3-7-13(8-4-11)15(18)17-16(19-17)14-9-5-12(2)6-10-14/h3-10,16-17H,1-2H3/t16-,17-/m1/s1. The molecule has 0 aliphatic carbocycles. The van der Waals surface area contributed by atoms with Crippen LogP contribution in [0.1, 0.15) is 33.2 Å². The van der Waals surface area contributed by atoms with Crippen LogP contribution in [-0.4, -0.2) is 11.9 Å². The van der Waals surface area contributed by atoms with Gasteiger partial charge < -0.3 is 4.74 Å². The van der Waals surface area contributed by atoms with Crippen LogP contribution in [-0.2, 0) is 4.74 Å². The van der Waals surface area contributed by atoms with Gasteiger partial charge in [-0.2, -0.15) is 0 Å². The van der Waals surface area contributed by atoms with Gasteiger partial charge in [-0.25, -0.2) is 0 Å². The van der Waals surface area contributed by atoms with Crippen molar-refractivity contribution in [1.29, 1.82) is 0 Å². The van der Waals surface area contributed by atoms with E-state index in [0.29, 0.717) is 0 Å². The molecule has 19 heavy (non-hydrogen) atoms. The summed E-state index contributed by atoms with van der Waals surface area (Å²) in [7, 11) is 0. The van der Waals surface area contributed by atoms with Gasteiger partial charge >= 0.3 is 0 Å². The molecule has 0 amide bonds. The molecule has 0 radical (unpaired) electrons. The Bertz CT molecular complexity index is 596. The third-order valence-corrected chi connectivity index (χ3v) is 3.49. The van der Waals surface area contributed by atoms with Crippen LogP contribution in [0.15, 0.2) is 48.5 Å². The molecule has 1 saturated heterocycles. The fraction of sp³-hybridized carbons (Fsp3) is 0.235. The number of aryl methyl sites for hydroxylation is 2. The van der Waals surface area contributed by atoms with E-state index >= 15 is 0 Å². The average Bonchev–Trinajstić information content (AvgIpc) is 3.20. The van der Waals surface area contributed by atoms with Crippen LogP contribution in [0.4, 0.5) is 0 Å². The number of hydrogen-bond acceptors (Lipinski definition) is 2. The summed E-state index contributed by atoms with van der Waals surface area (Å²) in [6.45, 7) is 4.06. The second-order valence-electron chi connectivity index (χ2n) is 5.12. The molecule has 1 heterocycles. The Kier molecular flexibility index (Phi) is 2.96. The first-order valence-corrected chi connectivity index (χ1v) is 6.48. The maximum Gasteiger partial charge on any atom is 0.194 e. The van der Waals surface area contributed by atoms with E-state index in [2.05, 4.69) is 0 Å². The zero-order valence-electron chi connectivity index (χ0n) is 11.1. The molecule has 1 aliphatic rings. The summed E-state index contributed by atoms with van der Waals surface area (Å²) in [5.41, 5.74) is 4.18. The topological polar surface area (TPSA) is 29.6 Å². The van der Waals surface area contributed by atoms with E-state index in [9.17, 15) is 4.79 Å². The maximum absolute atomic E-state index is 12.2. The van der Waals surface area contributed by atoms with Crippen molar-refractivity contribution in [3.63, 3.8) is 0 Å². The summed E-state index contributed by atoms with van der Waals surface area (Å²) in [6, 6.07) is 15.8. The van der Waals surface area contributed by atoms with Crippen molar-refractivity contribution in [3.05, 3.63) is 70.8 Å². The van der Waals surface area contributed by atoms with Gasteiger partial charge in [0.25, 0.3) is 0 Å². The fourth-order valence-corrected chi connectivity index (χ4v) is 2.20. The van der Waals surface area contributed by atoms with Gasteiger partial charge in [0.1, 0.15) is 6.10 Å². The molecule has 1 aliphatic heterocycles. The van der Waals surface area contributed by atoms with Crippen molar-refractivity contribution in [2.24, 2.45) is 0 Å². The fourth-order valence-electron chi connectivity index (χ4n) is 2.20. The van der Waals surface area contributed by atoms with Crippen molar-refractivity contribution in [2.45, 2.75) is 26.1 Å². The van der Waals surface area contributed by atoms with Crippen LogP contribution in [0.5, 0.6) is 0 Å². The molecule has 2 aromatic rings. The van der Waals surface area contributed by atoms with E-state index < -0.39 is 0 Å². The Morgan fingerprint density at radius 2 is 1.42 bits per heavy atom. The molecular formula is C17H16O2. The van der Waals surface area contributed by atoms with Crippen LogP contribution in [0, 0.1) is 13.8 Å². The predicted molar refractivity (Wildman–Crippen MR) is 74.3 cm³/mol. The third kappa shape index (κ3) is 2.45. The summed E-state index contributed by atoms with van der Waals surface area (Å²) in [6.07, 6.45) is -0.389. The summed E-state index contributed by atoms with van der Waals surface area (Å²) < 4.78 is 5.54. The van der Waals surface area contributed by atoms with Gasteiger partial charge in [0, 0.05) is 5.56 Å². The van der Waals surface area contributed by atoms with Gasteiger partial charge in [-0.3, -0.25) is 4.79 Å². The molecule has 0 spiro atoms. The Balaban J connectivity index is 1.74. The first-order chi connectivity index (χ1) is 9.15. The number of Topliss-reactive ketones (excluding diaryl/α,β-unsaturated/α-hetero) is 1. The molecule has 0 bridgehead atoms. The first-order valence-electron chi connectivity index (χ1n) is 6.48. The molecule has 2 atom stereocenters. The molecule has 96 valence electrons. The minimum atomic E-state index is -0.314. The summed E-state index contributed by atoms with van der Waals surface area (Å²) >= 11 is 0. The first kappa shape index (κ1) is 12.1. The van der Waals surface area contributed by atoms with Gasteiger partial charge in [0.15, 0.2) is 11.9 Å². The van der Waals surface area contributed by atoms with Crippen LogP contribution < -0.4 is 0 Å². The lowest BCUT2D eigenvalue weighted by Crippen LogP contribution is -2.08. The normalized spacial score (nSPS) is 21.2. The quantitative estimate of drug-likeness (QED) is 0.616. The molecule has 2 heteroatoms. The van der Waals surface area contributed by atoms with Crippen molar-refractivity contribution < 1.29 is 9.53 Å². The number of epoxide rings is 1. The predicted octanol–water partition coefficient (Wildman–Crippen LogP) is 3.63. The van der Waals surface area contributed by atoms with Crippen LogP contribution in [0.25, 0.3) is 0 Å². The highest BCUT2D eigenvalue weighted by Crippen LogP contribution is 2.40. The molecule has 1 fully saturated rings. The number of benzene rings is 2. The van der Waals surface area contributed by atoms with E-state index in [4.69, 9.17) is 4.74 Å². The van der Waals surface area contributed by atoms with Crippen molar-refractivity contribution in [3.8, 4) is 0 Å². The Morgan fingerprint density at radius 1 is 0.895 bits per heavy atom. The smallest absolute Gasteiger partial charge is 0.194 e. The molecular weight excluding hydrogens is 236 g/mol. The highest BCUT2D eigenvalue weighted by Gasteiger charge is 2.45. The molecule has 2 nitrogen and oxygen atoms in total. The van der Waals surface area contributed by atoms with Gasteiger partial charge in [-0.05, 0) is 19.4 Å². The second-order valence-corrected chi connectivity index (χ2v) is 5.12. The Hall–Kier alpha value is -1.93. The molecule has 0 saturated carbocycles. The number of carbonyl (C=O) groups excluding carboxylic acids is 1. The molecule has 3 rings (SSSR count). The average molecular weight is 252 g/mol. The number of ketones is 1. The lowest BCUT2D eigenvalue weighted by molar-refractivity contribution is 0.0953. The lowest BCUT2D eigenvalue weighted by atomic mass is 10.0. The highest BCUT2D eigenvalue weighted by molar-refractivity contribution is 6.01. The van der Waals surface area contributed by atoms with E-state index in [-0.39, 0.29) is 18.0 Å². The van der Waals surface area contributed by atoms with E-state index in [1.165, 1.54) is 5.56 Å². The van der Waals surface area contributed by atoms with Crippen LogP contribution in [0.3, 0.4) is 0 Å². The highest BCUT2D eigenvalue weighted by atomic mass is 16.6. The molecule has 0 N–H and O–H groups in total. The van der Waals surface area contributed by atoms with Crippen molar-refractivity contribution in [1.82, 2.24) is 0 Å². The van der Waals surface area contributed by atoms with E-state index in [1.54, 1.807) is 0 Å². The van der Waals surface area contributed by atoms with Gasteiger partial charge in [0.05, 0.1) is 0 Å². The zero-order valence-corrected chi connectivity index (χ0v) is 11.1. The monoisotopic (exact) mass is 252 g/mol. The van der Waals surface area contributed by atoms with Crippen molar-refractivity contribution in [2.75, 3.05) is 0 Å². The SMILES string of the molecule is Cc1ccc(C(=O)[C@H]2O[C@@H]2c2ccc(C)cc2)cc1. The summed E-state index contributed by atoms with van der Waals surface area (Å²) in [5.74, 6) is 0.0746. The summed E-state index contributed by atoms with van der Waals surface area (Å²) in [5, 5.41) is 0. The maximum atomic E-state index is 12.2. The largest absolute Gasteiger partial charge is 0.356 e. The van der Waals surface area contributed by atoms with Gasteiger partial charge in [-0.1, -0.05) is 59.7 Å². The second kappa shape index (κ2) is 4.63. The van der Waals surface area contributed by atoms with Gasteiger partial charge in [-0.15, -0.1) is 0 Å². The zero-order chi connectivity index (χ0) is 13.4. The molecule has 0 aromatic heterocycles. The van der Waals surface area contributed by atoms with E-state index in [1.807, 2.05) is 62.4 Å².